The van der Waals surface area contributed by atoms with Crippen molar-refractivity contribution in [3.63, 3.8) is 0 Å². The van der Waals surface area contributed by atoms with Crippen molar-refractivity contribution in [2.75, 3.05) is 5.32 Å². The van der Waals surface area contributed by atoms with Crippen molar-refractivity contribution in [1.29, 1.82) is 0 Å². The minimum absolute atomic E-state index is 0.157. The molecule has 0 atom stereocenters. The van der Waals surface area contributed by atoms with Crippen molar-refractivity contribution in [3.05, 3.63) is 72.8 Å². The molecule has 4 aromatic rings. The molecule has 1 saturated carbocycles. The van der Waals surface area contributed by atoms with E-state index in [0.29, 0.717) is 6.04 Å². The number of hydrogen-bond donors (Lipinski definition) is 2. The third-order valence-electron chi connectivity index (χ3n) is 5.62. The van der Waals surface area contributed by atoms with Crippen molar-refractivity contribution < 1.29 is 5.11 Å². The van der Waals surface area contributed by atoms with Crippen molar-refractivity contribution in [1.82, 2.24) is 14.6 Å². The van der Waals surface area contributed by atoms with Crippen molar-refractivity contribution in [2.45, 2.75) is 37.8 Å². The lowest BCUT2D eigenvalue weighted by atomic mass is 9.93. The van der Waals surface area contributed by atoms with Crippen molar-refractivity contribution in [2.24, 2.45) is 0 Å². The van der Waals surface area contributed by atoms with Gasteiger partial charge in [-0.15, -0.1) is 5.10 Å². The maximum atomic E-state index is 9.75. The van der Waals surface area contributed by atoms with Crippen LogP contribution in [0.5, 0.6) is 0 Å². The molecule has 146 valence electrons. The fraction of sp³-hybridized carbons (Fsp3) is 0.250. The van der Waals surface area contributed by atoms with Crippen LogP contribution in [0.2, 0.25) is 0 Å². The van der Waals surface area contributed by atoms with Gasteiger partial charge in [0, 0.05) is 17.2 Å². The molecule has 0 unspecified atom stereocenters. The smallest absolute Gasteiger partial charge is 0.155 e. The summed E-state index contributed by atoms with van der Waals surface area (Å²) in [5, 5.41) is 18.2. The van der Waals surface area contributed by atoms with E-state index in [1.54, 1.807) is 0 Å². The number of nitrogens with one attached hydrogen (secondary N) is 1. The minimum Gasteiger partial charge on any atom is -0.393 e. The predicted molar refractivity (Wildman–Crippen MR) is 116 cm³/mol. The standard InChI is InChI=1S/C24H24N4O/c29-20-13-11-19(12-14-20)25-21-15-16-22-26-23(17-7-3-1-4-8-17)24(28(22)27-21)18-9-5-2-6-10-18/h1-10,15-16,19-20,29H,11-14H2,(H,25,27). The molecule has 2 aromatic carbocycles. The van der Waals surface area contributed by atoms with Gasteiger partial charge in [-0.05, 0) is 37.8 Å². The Morgan fingerprint density at radius 2 is 1.45 bits per heavy atom. The first kappa shape index (κ1) is 17.9. The molecule has 1 fully saturated rings. The summed E-state index contributed by atoms with van der Waals surface area (Å²) in [4.78, 5) is 4.90. The minimum atomic E-state index is -0.157. The number of aliphatic hydroxyl groups excluding tert-OH is 1. The van der Waals surface area contributed by atoms with Crippen LogP contribution < -0.4 is 5.32 Å². The summed E-state index contributed by atoms with van der Waals surface area (Å²) in [7, 11) is 0. The largest absolute Gasteiger partial charge is 0.393 e. The van der Waals surface area contributed by atoms with E-state index >= 15 is 0 Å². The molecule has 5 nitrogen and oxygen atoms in total. The summed E-state index contributed by atoms with van der Waals surface area (Å²) in [5.41, 5.74) is 4.92. The SMILES string of the molecule is OC1CCC(Nc2ccc3nc(-c4ccccc4)c(-c4ccccc4)n3n2)CC1. The zero-order valence-electron chi connectivity index (χ0n) is 16.2. The topological polar surface area (TPSA) is 62.5 Å². The van der Waals surface area contributed by atoms with Crippen LogP contribution in [0.25, 0.3) is 28.2 Å². The molecule has 1 aliphatic rings. The van der Waals surface area contributed by atoms with E-state index < -0.39 is 0 Å². The van der Waals surface area contributed by atoms with E-state index in [-0.39, 0.29) is 6.10 Å². The Morgan fingerprint density at radius 1 is 0.793 bits per heavy atom. The summed E-state index contributed by atoms with van der Waals surface area (Å²) in [6.45, 7) is 0. The molecule has 0 spiro atoms. The van der Waals surface area contributed by atoms with Crippen molar-refractivity contribution >= 4 is 11.5 Å². The van der Waals surface area contributed by atoms with Gasteiger partial charge in [-0.1, -0.05) is 60.7 Å². The second-order valence-corrected chi connectivity index (χ2v) is 7.68. The molecule has 29 heavy (non-hydrogen) atoms. The zero-order chi connectivity index (χ0) is 19.6. The maximum absolute atomic E-state index is 9.75. The molecular formula is C24H24N4O. The van der Waals surface area contributed by atoms with E-state index in [9.17, 15) is 5.11 Å². The number of anilines is 1. The van der Waals surface area contributed by atoms with E-state index in [4.69, 9.17) is 10.1 Å². The highest BCUT2D eigenvalue weighted by Crippen LogP contribution is 2.32. The number of hydrogen-bond acceptors (Lipinski definition) is 4. The number of aromatic nitrogens is 3. The van der Waals surface area contributed by atoms with Gasteiger partial charge in [0.2, 0.25) is 0 Å². The number of nitrogens with zero attached hydrogens (tertiary/aromatic N) is 3. The number of rotatable bonds is 4. The second kappa shape index (κ2) is 7.68. The van der Waals surface area contributed by atoms with Gasteiger partial charge in [0.15, 0.2) is 5.65 Å². The van der Waals surface area contributed by atoms with Crippen LogP contribution in [0.3, 0.4) is 0 Å². The summed E-state index contributed by atoms with van der Waals surface area (Å²) in [6.07, 6.45) is 3.46. The average molecular weight is 384 g/mol. The maximum Gasteiger partial charge on any atom is 0.155 e. The number of aliphatic hydroxyl groups is 1. The highest BCUT2D eigenvalue weighted by atomic mass is 16.3. The Balaban J connectivity index is 1.59. The Bertz CT molecular complexity index is 1100. The highest BCUT2D eigenvalue weighted by molar-refractivity contribution is 5.81. The third kappa shape index (κ3) is 3.61. The van der Waals surface area contributed by atoms with Gasteiger partial charge in [-0.25, -0.2) is 9.50 Å². The molecule has 5 heteroatoms. The van der Waals surface area contributed by atoms with Crippen LogP contribution in [-0.2, 0) is 0 Å². The van der Waals surface area contributed by atoms with Gasteiger partial charge < -0.3 is 10.4 Å². The molecule has 0 bridgehead atoms. The molecule has 1 aliphatic carbocycles. The van der Waals surface area contributed by atoms with E-state index in [2.05, 4.69) is 29.6 Å². The lowest BCUT2D eigenvalue weighted by Crippen LogP contribution is -2.28. The molecule has 2 heterocycles. The monoisotopic (exact) mass is 384 g/mol. The number of fused-ring (bicyclic) bond motifs is 1. The van der Waals surface area contributed by atoms with Gasteiger partial charge in [0.1, 0.15) is 11.5 Å². The molecule has 0 amide bonds. The van der Waals surface area contributed by atoms with Gasteiger partial charge >= 0.3 is 0 Å². The summed E-state index contributed by atoms with van der Waals surface area (Å²) >= 11 is 0. The van der Waals surface area contributed by atoms with Crippen LogP contribution >= 0.6 is 0 Å². The van der Waals surface area contributed by atoms with Crippen LogP contribution in [0.4, 0.5) is 5.82 Å². The number of benzene rings is 2. The molecule has 0 aliphatic heterocycles. The van der Waals surface area contributed by atoms with Gasteiger partial charge in [0.05, 0.1) is 11.8 Å². The van der Waals surface area contributed by atoms with Gasteiger partial charge in [-0.3, -0.25) is 0 Å². The molecule has 2 N–H and O–H groups in total. The van der Waals surface area contributed by atoms with E-state index in [0.717, 1.165) is 59.7 Å². The molecule has 5 rings (SSSR count). The van der Waals surface area contributed by atoms with Crippen LogP contribution in [-0.4, -0.2) is 31.9 Å². The molecular weight excluding hydrogens is 360 g/mol. The molecule has 2 aromatic heterocycles. The number of imidazole rings is 1. The van der Waals surface area contributed by atoms with Crippen LogP contribution in [0.1, 0.15) is 25.7 Å². The molecule has 0 saturated heterocycles. The van der Waals surface area contributed by atoms with Crippen molar-refractivity contribution in [3.8, 4) is 22.5 Å². The lowest BCUT2D eigenvalue weighted by molar-refractivity contribution is 0.126. The summed E-state index contributed by atoms with van der Waals surface area (Å²) < 4.78 is 1.94. The Kier molecular flexibility index (Phi) is 4.74. The average Bonchev–Trinajstić information content (AvgIpc) is 3.15. The summed E-state index contributed by atoms with van der Waals surface area (Å²) in [6, 6.07) is 24.9. The lowest BCUT2D eigenvalue weighted by Gasteiger charge is -2.26. The van der Waals surface area contributed by atoms with Gasteiger partial charge in [-0.2, -0.15) is 0 Å². The normalized spacial score (nSPS) is 19.3. The predicted octanol–water partition coefficient (Wildman–Crippen LogP) is 4.78. The van der Waals surface area contributed by atoms with E-state index in [1.807, 2.05) is 53.0 Å². The first-order chi connectivity index (χ1) is 14.3. The van der Waals surface area contributed by atoms with E-state index in [1.165, 1.54) is 0 Å². The van der Waals surface area contributed by atoms with Crippen LogP contribution in [0.15, 0.2) is 72.8 Å². The first-order valence-corrected chi connectivity index (χ1v) is 10.2. The fourth-order valence-corrected chi connectivity index (χ4v) is 4.09. The zero-order valence-corrected chi connectivity index (χ0v) is 16.2. The first-order valence-electron chi connectivity index (χ1n) is 10.2. The van der Waals surface area contributed by atoms with Gasteiger partial charge in [0.25, 0.3) is 0 Å². The quantitative estimate of drug-likeness (QED) is 0.532. The Morgan fingerprint density at radius 3 is 2.14 bits per heavy atom. The Labute approximate surface area is 170 Å². The highest BCUT2D eigenvalue weighted by Gasteiger charge is 2.21. The third-order valence-corrected chi connectivity index (χ3v) is 5.62. The fourth-order valence-electron chi connectivity index (χ4n) is 4.09. The second-order valence-electron chi connectivity index (χ2n) is 7.68. The molecule has 0 radical (unpaired) electrons. The Hall–Kier alpha value is -3.18. The summed E-state index contributed by atoms with van der Waals surface area (Å²) in [5.74, 6) is 0.841. The van der Waals surface area contributed by atoms with Crippen LogP contribution in [0, 0.1) is 0 Å².